The smallest absolute Gasteiger partial charge is 0.411 e. The molecule has 1 atom stereocenters. The van der Waals surface area contributed by atoms with Crippen LogP contribution in [-0.2, 0) is 15.9 Å². The fraction of sp³-hybridized carbons (Fsp3) is 0.476. The van der Waals surface area contributed by atoms with Crippen LogP contribution in [0.2, 0.25) is 0 Å². The summed E-state index contributed by atoms with van der Waals surface area (Å²) in [7, 11) is 1.53. The Morgan fingerprint density at radius 2 is 1.77 bits per heavy atom. The van der Waals surface area contributed by atoms with Crippen molar-refractivity contribution < 1.29 is 19.4 Å². The topological polar surface area (TPSA) is 91.3 Å². The highest BCUT2D eigenvalue weighted by Crippen LogP contribution is 2.39. The number of nitrogens with zero attached hydrogens (tertiary/aromatic N) is 5. The van der Waals surface area contributed by atoms with Crippen molar-refractivity contribution in [3.63, 3.8) is 0 Å². The minimum atomic E-state index is -0.996. The second-order valence-corrected chi connectivity index (χ2v) is 7.79. The zero-order valence-corrected chi connectivity index (χ0v) is 17.0. The zero-order valence-electron chi connectivity index (χ0n) is 17.0. The fourth-order valence-electron chi connectivity index (χ4n) is 4.33. The highest BCUT2D eigenvalue weighted by atomic mass is 16.5. The summed E-state index contributed by atoms with van der Waals surface area (Å²) in [6.07, 6.45) is -0.102. The molecule has 9 nitrogen and oxygen atoms in total. The van der Waals surface area contributed by atoms with Crippen LogP contribution in [0.1, 0.15) is 5.56 Å². The number of amides is 1. The van der Waals surface area contributed by atoms with Crippen LogP contribution in [0.3, 0.4) is 0 Å². The van der Waals surface area contributed by atoms with Crippen LogP contribution < -0.4 is 14.7 Å². The van der Waals surface area contributed by atoms with Crippen molar-refractivity contribution in [3.8, 4) is 11.4 Å². The van der Waals surface area contributed by atoms with E-state index in [-0.39, 0.29) is 0 Å². The zero-order chi connectivity index (χ0) is 20.7. The molecule has 3 aliphatic heterocycles. The normalized spacial score (nSPS) is 20.6. The number of fused-ring (bicyclic) bond motifs is 3. The molecule has 5 rings (SSSR count). The Bertz CT molecular complexity index is 945. The molecule has 4 heterocycles. The SMILES string of the molecule is CN(C(=O)O)c1ccc(-c2nc(N3CCOCC3)c3c(n2)N2CCOC[C@H]2C3)cc1. The maximum Gasteiger partial charge on any atom is 0.411 e. The van der Waals surface area contributed by atoms with Gasteiger partial charge in [-0.15, -0.1) is 0 Å². The summed E-state index contributed by atoms with van der Waals surface area (Å²) in [5.41, 5.74) is 2.67. The lowest BCUT2D eigenvalue weighted by atomic mass is 10.1. The molecule has 0 radical (unpaired) electrons. The van der Waals surface area contributed by atoms with Crippen LogP contribution in [0.5, 0.6) is 0 Å². The van der Waals surface area contributed by atoms with Gasteiger partial charge in [-0.05, 0) is 24.3 Å². The summed E-state index contributed by atoms with van der Waals surface area (Å²) < 4.78 is 11.2. The largest absolute Gasteiger partial charge is 0.465 e. The molecule has 9 heteroatoms. The van der Waals surface area contributed by atoms with Crippen molar-refractivity contribution in [2.75, 3.05) is 67.8 Å². The summed E-state index contributed by atoms with van der Waals surface area (Å²) in [5.74, 6) is 2.65. The van der Waals surface area contributed by atoms with Gasteiger partial charge in [-0.25, -0.2) is 14.8 Å². The standard InChI is InChI=1S/C21H25N5O4/c1-24(21(27)28)15-4-2-14(3-5-15)18-22-19(25-6-9-29-10-7-25)17-12-16-13-30-11-8-26(16)20(17)23-18/h2-5,16H,6-13H2,1H3,(H,27,28)/t16-/m1/s1. The lowest BCUT2D eigenvalue weighted by Gasteiger charge is -2.31. The average molecular weight is 411 g/mol. The highest BCUT2D eigenvalue weighted by molar-refractivity contribution is 5.85. The molecule has 0 unspecified atom stereocenters. The maximum absolute atomic E-state index is 11.2. The van der Waals surface area contributed by atoms with Crippen molar-refractivity contribution in [2.45, 2.75) is 12.5 Å². The van der Waals surface area contributed by atoms with E-state index in [0.29, 0.717) is 44.0 Å². The van der Waals surface area contributed by atoms with Crippen molar-refractivity contribution in [1.29, 1.82) is 0 Å². The van der Waals surface area contributed by atoms with Crippen LogP contribution in [0.25, 0.3) is 11.4 Å². The van der Waals surface area contributed by atoms with E-state index < -0.39 is 6.09 Å². The number of hydrogen-bond acceptors (Lipinski definition) is 7. The molecule has 0 spiro atoms. The van der Waals surface area contributed by atoms with Gasteiger partial charge in [0.15, 0.2) is 5.82 Å². The molecule has 1 amide bonds. The van der Waals surface area contributed by atoms with Gasteiger partial charge < -0.3 is 24.4 Å². The summed E-state index contributed by atoms with van der Waals surface area (Å²) >= 11 is 0. The third kappa shape index (κ3) is 3.33. The van der Waals surface area contributed by atoms with E-state index in [2.05, 4.69) is 9.80 Å². The minimum Gasteiger partial charge on any atom is -0.465 e. The average Bonchev–Trinajstić information content (AvgIpc) is 3.17. The summed E-state index contributed by atoms with van der Waals surface area (Å²) in [6.45, 7) is 5.27. The predicted molar refractivity (Wildman–Crippen MR) is 113 cm³/mol. The molecule has 1 aromatic carbocycles. The first-order chi connectivity index (χ1) is 14.6. The molecule has 2 aromatic rings. The number of morpholine rings is 2. The molecule has 0 aliphatic carbocycles. The third-order valence-corrected chi connectivity index (χ3v) is 6.01. The fourth-order valence-corrected chi connectivity index (χ4v) is 4.33. The molecule has 0 bridgehead atoms. The molecular formula is C21H25N5O4. The highest BCUT2D eigenvalue weighted by Gasteiger charge is 2.37. The number of carboxylic acid groups (broad SMARTS) is 1. The van der Waals surface area contributed by atoms with E-state index in [1.807, 2.05) is 12.1 Å². The van der Waals surface area contributed by atoms with E-state index in [1.54, 1.807) is 12.1 Å². The molecule has 30 heavy (non-hydrogen) atoms. The van der Waals surface area contributed by atoms with E-state index in [0.717, 1.165) is 43.3 Å². The van der Waals surface area contributed by atoms with Crippen molar-refractivity contribution in [1.82, 2.24) is 9.97 Å². The van der Waals surface area contributed by atoms with Crippen molar-refractivity contribution >= 4 is 23.4 Å². The monoisotopic (exact) mass is 411 g/mol. The van der Waals surface area contributed by atoms with E-state index >= 15 is 0 Å². The number of ether oxygens (including phenoxy) is 2. The number of hydrogen-bond donors (Lipinski definition) is 1. The van der Waals surface area contributed by atoms with Crippen LogP contribution in [0.15, 0.2) is 24.3 Å². The molecule has 0 saturated carbocycles. The number of aromatic nitrogens is 2. The van der Waals surface area contributed by atoms with E-state index in [4.69, 9.17) is 19.4 Å². The van der Waals surface area contributed by atoms with Gasteiger partial charge in [-0.2, -0.15) is 0 Å². The van der Waals surface area contributed by atoms with Crippen LogP contribution in [0, 0.1) is 0 Å². The second kappa shape index (κ2) is 7.73. The number of anilines is 3. The first kappa shape index (κ1) is 19.1. The Morgan fingerprint density at radius 3 is 2.50 bits per heavy atom. The summed E-state index contributed by atoms with van der Waals surface area (Å²) in [6, 6.07) is 7.64. The van der Waals surface area contributed by atoms with Gasteiger partial charge in [0.1, 0.15) is 11.6 Å². The van der Waals surface area contributed by atoms with Crippen LogP contribution >= 0.6 is 0 Å². The van der Waals surface area contributed by atoms with Gasteiger partial charge in [0.05, 0.1) is 32.5 Å². The van der Waals surface area contributed by atoms with Crippen molar-refractivity contribution in [3.05, 3.63) is 29.8 Å². The molecule has 1 aromatic heterocycles. The first-order valence-corrected chi connectivity index (χ1v) is 10.3. The predicted octanol–water partition coefficient (Wildman–Crippen LogP) is 1.86. The van der Waals surface area contributed by atoms with Gasteiger partial charge in [-0.3, -0.25) is 4.90 Å². The Hall–Kier alpha value is -2.91. The Kier molecular flexibility index (Phi) is 4.92. The maximum atomic E-state index is 11.2. The second-order valence-electron chi connectivity index (χ2n) is 7.79. The Balaban J connectivity index is 1.55. The quantitative estimate of drug-likeness (QED) is 0.818. The first-order valence-electron chi connectivity index (χ1n) is 10.3. The molecule has 3 aliphatic rings. The lowest BCUT2D eigenvalue weighted by molar-refractivity contribution is 0.0973. The molecule has 1 N–H and O–H groups in total. The van der Waals surface area contributed by atoms with Gasteiger partial charge in [0.25, 0.3) is 0 Å². The summed E-state index contributed by atoms with van der Waals surface area (Å²) in [5, 5.41) is 9.19. The minimum absolute atomic E-state index is 0.310. The van der Waals surface area contributed by atoms with E-state index in [9.17, 15) is 9.90 Å². The Labute approximate surface area is 174 Å². The van der Waals surface area contributed by atoms with Gasteiger partial charge in [0, 0.05) is 49.9 Å². The number of benzene rings is 1. The molecule has 2 saturated heterocycles. The van der Waals surface area contributed by atoms with E-state index in [1.165, 1.54) is 17.5 Å². The third-order valence-electron chi connectivity index (χ3n) is 6.01. The summed E-state index contributed by atoms with van der Waals surface area (Å²) in [4.78, 5) is 26.9. The van der Waals surface area contributed by atoms with Crippen molar-refractivity contribution in [2.24, 2.45) is 0 Å². The number of carbonyl (C=O) groups is 1. The van der Waals surface area contributed by atoms with Gasteiger partial charge >= 0.3 is 6.09 Å². The lowest BCUT2D eigenvalue weighted by Crippen LogP contribution is -2.43. The van der Waals surface area contributed by atoms with Gasteiger partial charge in [-0.1, -0.05) is 0 Å². The Morgan fingerprint density at radius 1 is 1.07 bits per heavy atom. The molecule has 158 valence electrons. The number of rotatable bonds is 3. The van der Waals surface area contributed by atoms with Gasteiger partial charge in [0.2, 0.25) is 0 Å². The van der Waals surface area contributed by atoms with Crippen LogP contribution in [-0.4, -0.2) is 80.3 Å². The molecule has 2 fully saturated rings. The van der Waals surface area contributed by atoms with Crippen LogP contribution in [0.4, 0.5) is 22.1 Å². The molecular weight excluding hydrogens is 386 g/mol.